The van der Waals surface area contributed by atoms with E-state index >= 15 is 0 Å². The zero-order chi connectivity index (χ0) is 13.2. The first kappa shape index (κ1) is 11.6. The molecule has 1 aliphatic carbocycles. The van der Waals surface area contributed by atoms with Crippen LogP contribution in [-0.4, -0.2) is 21.2 Å². The quantitative estimate of drug-likeness (QED) is 0.844. The number of hydrogen-bond acceptors (Lipinski definition) is 5. The molecule has 0 amide bonds. The molecule has 5 heteroatoms. The third-order valence-corrected chi connectivity index (χ3v) is 3.30. The van der Waals surface area contributed by atoms with Crippen LogP contribution in [0.4, 0.5) is 5.82 Å². The zero-order valence-corrected chi connectivity index (χ0v) is 10.1. The molecule has 2 N–H and O–H groups in total. The second-order valence-corrected chi connectivity index (χ2v) is 4.46. The van der Waals surface area contributed by atoms with Crippen LogP contribution in [0.1, 0.15) is 22.9 Å². The van der Waals surface area contributed by atoms with Gasteiger partial charge in [0.15, 0.2) is 11.5 Å². The SMILES string of the molecule is N#Cc1nccnc1N[C@H]1c2ccccc2C[C@@H]1O. The summed E-state index contributed by atoms with van der Waals surface area (Å²) in [4.78, 5) is 8.07. The summed E-state index contributed by atoms with van der Waals surface area (Å²) < 4.78 is 0. The summed E-state index contributed by atoms with van der Waals surface area (Å²) in [7, 11) is 0. The third kappa shape index (κ3) is 2.02. The molecule has 0 spiro atoms. The second kappa shape index (κ2) is 4.67. The van der Waals surface area contributed by atoms with E-state index in [1.165, 1.54) is 12.4 Å². The van der Waals surface area contributed by atoms with E-state index in [1.54, 1.807) is 0 Å². The Bertz CT molecular complexity index is 650. The minimum atomic E-state index is -0.522. The molecule has 19 heavy (non-hydrogen) atoms. The van der Waals surface area contributed by atoms with Gasteiger partial charge in [-0.05, 0) is 11.1 Å². The van der Waals surface area contributed by atoms with Gasteiger partial charge in [0.25, 0.3) is 0 Å². The van der Waals surface area contributed by atoms with E-state index in [9.17, 15) is 5.11 Å². The van der Waals surface area contributed by atoms with E-state index in [0.717, 1.165) is 11.1 Å². The van der Waals surface area contributed by atoms with Crippen molar-refractivity contribution in [2.24, 2.45) is 0 Å². The number of fused-ring (bicyclic) bond motifs is 1. The van der Waals surface area contributed by atoms with Crippen LogP contribution in [0.25, 0.3) is 0 Å². The maximum Gasteiger partial charge on any atom is 0.182 e. The van der Waals surface area contributed by atoms with Crippen molar-refractivity contribution in [2.45, 2.75) is 18.6 Å². The van der Waals surface area contributed by atoms with Crippen LogP contribution in [-0.2, 0) is 6.42 Å². The number of anilines is 1. The molecule has 1 aromatic heterocycles. The summed E-state index contributed by atoms with van der Waals surface area (Å²) >= 11 is 0. The van der Waals surface area contributed by atoms with Crippen molar-refractivity contribution in [2.75, 3.05) is 5.32 Å². The average molecular weight is 252 g/mol. The molecule has 0 bridgehead atoms. The molecule has 0 aliphatic heterocycles. The first-order valence-corrected chi connectivity index (χ1v) is 6.03. The van der Waals surface area contributed by atoms with Crippen LogP contribution < -0.4 is 5.32 Å². The lowest BCUT2D eigenvalue weighted by Gasteiger charge is -2.18. The maximum absolute atomic E-state index is 10.1. The van der Waals surface area contributed by atoms with E-state index in [1.807, 2.05) is 30.3 Å². The molecule has 5 nitrogen and oxygen atoms in total. The fraction of sp³-hybridized carbons (Fsp3) is 0.214. The molecular formula is C14H12N4O. The zero-order valence-electron chi connectivity index (χ0n) is 10.1. The molecule has 1 aliphatic rings. The number of aromatic nitrogens is 2. The van der Waals surface area contributed by atoms with Gasteiger partial charge in [-0.15, -0.1) is 0 Å². The monoisotopic (exact) mass is 252 g/mol. The summed E-state index contributed by atoms with van der Waals surface area (Å²) in [6, 6.07) is 9.61. The normalized spacial score (nSPS) is 20.6. The number of nitriles is 1. The highest BCUT2D eigenvalue weighted by Crippen LogP contribution is 2.33. The number of benzene rings is 1. The molecule has 0 saturated carbocycles. The summed E-state index contributed by atoms with van der Waals surface area (Å²) in [5.41, 5.74) is 2.40. The lowest BCUT2D eigenvalue weighted by atomic mass is 10.1. The van der Waals surface area contributed by atoms with E-state index in [0.29, 0.717) is 12.2 Å². The van der Waals surface area contributed by atoms with Crippen molar-refractivity contribution < 1.29 is 5.11 Å². The molecule has 94 valence electrons. The van der Waals surface area contributed by atoms with Gasteiger partial charge in [-0.25, -0.2) is 9.97 Å². The van der Waals surface area contributed by atoms with Crippen LogP contribution in [0.15, 0.2) is 36.7 Å². The second-order valence-electron chi connectivity index (χ2n) is 4.46. The average Bonchev–Trinajstić information content (AvgIpc) is 2.76. The van der Waals surface area contributed by atoms with Gasteiger partial charge in [-0.1, -0.05) is 24.3 Å². The highest BCUT2D eigenvalue weighted by molar-refractivity contribution is 5.51. The Kier molecular flexibility index (Phi) is 2.86. The predicted molar refractivity (Wildman–Crippen MR) is 69.3 cm³/mol. The molecule has 0 radical (unpaired) electrons. The van der Waals surface area contributed by atoms with Gasteiger partial charge in [0, 0.05) is 18.8 Å². The summed E-state index contributed by atoms with van der Waals surface area (Å²) in [5, 5.41) is 22.3. The Morgan fingerprint density at radius 3 is 2.89 bits per heavy atom. The molecule has 3 rings (SSSR count). The van der Waals surface area contributed by atoms with Crippen LogP contribution >= 0.6 is 0 Å². The molecule has 0 saturated heterocycles. The summed E-state index contributed by atoms with van der Waals surface area (Å²) in [6.45, 7) is 0. The van der Waals surface area contributed by atoms with Crippen molar-refractivity contribution in [3.05, 3.63) is 53.5 Å². The Morgan fingerprint density at radius 2 is 2.05 bits per heavy atom. The number of aliphatic hydroxyl groups is 1. The van der Waals surface area contributed by atoms with Gasteiger partial charge < -0.3 is 10.4 Å². The van der Waals surface area contributed by atoms with E-state index in [4.69, 9.17) is 5.26 Å². The molecule has 2 atom stereocenters. The lowest BCUT2D eigenvalue weighted by molar-refractivity contribution is 0.165. The number of rotatable bonds is 2. The standard InChI is InChI=1S/C14H12N4O/c15-8-11-14(17-6-5-16-11)18-13-10-4-2-1-3-9(10)7-12(13)19/h1-6,12-13,19H,7H2,(H,17,18)/t12-,13-/m0/s1. The van der Waals surface area contributed by atoms with Crippen LogP contribution in [0, 0.1) is 11.3 Å². The number of hydrogen-bond donors (Lipinski definition) is 2. The minimum absolute atomic E-state index is 0.235. The summed E-state index contributed by atoms with van der Waals surface area (Å²) in [5.74, 6) is 0.408. The number of nitrogens with zero attached hydrogens (tertiary/aromatic N) is 3. The Labute approximate surface area is 110 Å². The highest BCUT2D eigenvalue weighted by atomic mass is 16.3. The first-order chi connectivity index (χ1) is 9.29. The molecular weight excluding hydrogens is 240 g/mol. The van der Waals surface area contributed by atoms with Crippen molar-refractivity contribution in [1.82, 2.24) is 9.97 Å². The fourth-order valence-electron chi connectivity index (χ4n) is 2.42. The predicted octanol–water partition coefficient (Wildman–Crippen LogP) is 1.42. The van der Waals surface area contributed by atoms with Gasteiger partial charge in [-0.2, -0.15) is 5.26 Å². The van der Waals surface area contributed by atoms with E-state index < -0.39 is 6.10 Å². The van der Waals surface area contributed by atoms with Crippen LogP contribution in [0.5, 0.6) is 0 Å². The van der Waals surface area contributed by atoms with Gasteiger partial charge >= 0.3 is 0 Å². The van der Waals surface area contributed by atoms with Crippen molar-refractivity contribution in [3.63, 3.8) is 0 Å². The van der Waals surface area contributed by atoms with Gasteiger partial charge in [0.2, 0.25) is 0 Å². The minimum Gasteiger partial charge on any atom is -0.390 e. The molecule has 1 aromatic carbocycles. The highest BCUT2D eigenvalue weighted by Gasteiger charge is 2.31. The topological polar surface area (TPSA) is 81.8 Å². The Balaban J connectivity index is 1.94. The van der Waals surface area contributed by atoms with E-state index in [-0.39, 0.29) is 11.7 Å². The molecule has 0 unspecified atom stereocenters. The first-order valence-electron chi connectivity index (χ1n) is 6.03. The van der Waals surface area contributed by atoms with Gasteiger partial charge in [0.05, 0.1) is 12.1 Å². The Morgan fingerprint density at radius 1 is 1.26 bits per heavy atom. The lowest BCUT2D eigenvalue weighted by Crippen LogP contribution is -2.22. The molecule has 1 heterocycles. The Hall–Kier alpha value is -2.45. The summed E-state index contributed by atoms with van der Waals surface area (Å²) in [6.07, 6.45) is 3.08. The van der Waals surface area contributed by atoms with Gasteiger partial charge in [-0.3, -0.25) is 0 Å². The van der Waals surface area contributed by atoms with Crippen LogP contribution in [0.2, 0.25) is 0 Å². The molecule has 2 aromatic rings. The number of aliphatic hydroxyl groups excluding tert-OH is 1. The largest absolute Gasteiger partial charge is 0.390 e. The van der Waals surface area contributed by atoms with Crippen molar-refractivity contribution >= 4 is 5.82 Å². The number of nitrogens with one attached hydrogen (secondary N) is 1. The smallest absolute Gasteiger partial charge is 0.182 e. The fourth-order valence-corrected chi connectivity index (χ4v) is 2.42. The van der Waals surface area contributed by atoms with Crippen LogP contribution in [0.3, 0.4) is 0 Å². The van der Waals surface area contributed by atoms with Crippen molar-refractivity contribution in [1.29, 1.82) is 5.26 Å². The molecule has 0 fully saturated rings. The van der Waals surface area contributed by atoms with Gasteiger partial charge in [0.1, 0.15) is 6.07 Å². The van der Waals surface area contributed by atoms with E-state index in [2.05, 4.69) is 15.3 Å². The maximum atomic E-state index is 10.1. The third-order valence-electron chi connectivity index (χ3n) is 3.30. The van der Waals surface area contributed by atoms with Crippen molar-refractivity contribution in [3.8, 4) is 6.07 Å².